The molecule has 3 aromatic carbocycles. The van der Waals surface area contributed by atoms with Gasteiger partial charge in [-0.25, -0.2) is 12.8 Å². The summed E-state index contributed by atoms with van der Waals surface area (Å²) in [5, 5.41) is 2.99. The van der Waals surface area contributed by atoms with Crippen molar-refractivity contribution in [3.05, 3.63) is 102 Å². The maximum absolute atomic E-state index is 13.9. The molecule has 0 radical (unpaired) electrons. The van der Waals surface area contributed by atoms with Gasteiger partial charge in [-0.3, -0.25) is 13.9 Å². The number of nitrogens with zero attached hydrogens (tertiary/aromatic N) is 2. The average Bonchev–Trinajstić information content (AvgIpc) is 2.90. The molecule has 0 aromatic heterocycles. The highest BCUT2D eigenvalue weighted by atomic mass is 32.2. The molecular formula is C29H34FN3O4S. The summed E-state index contributed by atoms with van der Waals surface area (Å²) in [5.41, 5.74) is 1.81. The van der Waals surface area contributed by atoms with Crippen LogP contribution >= 0.6 is 0 Å². The molecule has 0 aliphatic carbocycles. The number of carbonyl (C=O) groups is 2. The van der Waals surface area contributed by atoms with E-state index in [4.69, 9.17) is 0 Å². The Morgan fingerprint density at radius 3 is 1.97 bits per heavy atom. The predicted molar refractivity (Wildman–Crippen MR) is 147 cm³/mol. The first-order chi connectivity index (χ1) is 18.1. The number of hydrogen-bond donors (Lipinski definition) is 1. The lowest BCUT2D eigenvalue weighted by molar-refractivity contribution is -0.140. The summed E-state index contributed by atoms with van der Waals surface area (Å²) in [6.45, 7) is 3.41. The van der Waals surface area contributed by atoms with Crippen LogP contribution in [0.15, 0.2) is 84.9 Å². The van der Waals surface area contributed by atoms with E-state index in [0.29, 0.717) is 6.42 Å². The molecule has 0 saturated heterocycles. The topological polar surface area (TPSA) is 86.8 Å². The second-order valence-corrected chi connectivity index (χ2v) is 11.2. The molecule has 9 heteroatoms. The molecule has 2 amide bonds. The van der Waals surface area contributed by atoms with E-state index in [1.807, 2.05) is 74.5 Å². The molecule has 2 atom stereocenters. The highest BCUT2D eigenvalue weighted by Gasteiger charge is 2.33. The number of halogens is 1. The lowest BCUT2D eigenvalue weighted by Crippen LogP contribution is -2.54. The first kappa shape index (κ1) is 28.8. The Morgan fingerprint density at radius 1 is 0.895 bits per heavy atom. The maximum Gasteiger partial charge on any atom is 0.244 e. The Balaban J connectivity index is 2.03. The van der Waals surface area contributed by atoms with E-state index >= 15 is 0 Å². The highest BCUT2D eigenvalue weighted by Crippen LogP contribution is 2.21. The van der Waals surface area contributed by atoms with E-state index in [9.17, 15) is 22.4 Å². The number of amides is 2. The van der Waals surface area contributed by atoms with Crippen LogP contribution in [-0.4, -0.2) is 50.0 Å². The van der Waals surface area contributed by atoms with Gasteiger partial charge in [0.25, 0.3) is 0 Å². The van der Waals surface area contributed by atoms with E-state index in [1.165, 1.54) is 17.0 Å². The maximum atomic E-state index is 13.9. The van der Waals surface area contributed by atoms with E-state index in [2.05, 4.69) is 5.32 Å². The molecular weight excluding hydrogens is 505 g/mol. The zero-order valence-electron chi connectivity index (χ0n) is 21.9. The number of nitrogens with one attached hydrogen (secondary N) is 1. The summed E-state index contributed by atoms with van der Waals surface area (Å²) >= 11 is 0. The minimum absolute atomic E-state index is 0.103. The van der Waals surface area contributed by atoms with Gasteiger partial charge in [-0.1, -0.05) is 67.6 Å². The number of carbonyl (C=O) groups excluding carboxylic acids is 2. The van der Waals surface area contributed by atoms with Crippen molar-refractivity contribution < 1.29 is 22.4 Å². The Hall–Kier alpha value is -3.72. The molecule has 7 nitrogen and oxygen atoms in total. The van der Waals surface area contributed by atoms with Gasteiger partial charge in [-0.2, -0.15) is 0 Å². The van der Waals surface area contributed by atoms with Crippen LogP contribution in [0.5, 0.6) is 0 Å². The standard InChI is InChI=1S/C29H34FN3O4S/c1-4-22(2)31-29(35)27(19-23-11-7-5-8-12-23)32(20-24-13-9-6-10-14-24)28(34)21-33(38(3,36)37)26-17-15-25(30)16-18-26/h5-18,22,27H,4,19-21H2,1-3H3,(H,31,35)/t22-,27-/m1/s1. The molecule has 0 aliphatic heterocycles. The minimum atomic E-state index is -3.90. The van der Waals surface area contributed by atoms with Gasteiger partial charge >= 0.3 is 0 Å². The molecule has 0 unspecified atom stereocenters. The van der Waals surface area contributed by atoms with Crippen LogP contribution in [0.4, 0.5) is 10.1 Å². The molecule has 3 aromatic rings. The molecule has 202 valence electrons. The van der Waals surface area contributed by atoms with Crippen molar-refractivity contribution in [3.63, 3.8) is 0 Å². The Morgan fingerprint density at radius 2 is 1.45 bits per heavy atom. The number of sulfonamides is 1. The van der Waals surface area contributed by atoms with Crippen molar-refractivity contribution in [2.75, 3.05) is 17.1 Å². The molecule has 0 saturated carbocycles. The minimum Gasteiger partial charge on any atom is -0.352 e. The van der Waals surface area contributed by atoms with E-state index in [0.717, 1.165) is 33.8 Å². The van der Waals surface area contributed by atoms with Crippen molar-refractivity contribution in [2.24, 2.45) is 0 Å². The second-order valence-electron chi connectivity index (χ2n) is 9.28. The molecule has 0 aliphatic rings. The fraction of sp³-hybridized carbons (Fsp3) is 0.310. The van der Waals surface area contributed by atoms with Gasteiger partial charge in [-0.15, -0.1) is 0 Å². The molecule has 0 fully saturated rings. The first-order valence-electron chi connectivity index (χ1n) is 12.5. The summed E-state index contributed by atoms with van der Waals surface area (Å²) in [4.78, 5) is 28.9. The van der Waals surface area contributed by atoms with Crippen LogP contribution < -0.4 is 9.62 Å². The summed E-state index contributed by atoms with van der Waals surface area (Å²) in [6.07, 6.45) is 1.95. The highest BCUT2D eigenvalue weighted by molar-refractivity contribution is 7.92. The quantitative estimate of drug-likeness (QED) is 0.375. The number of rotatable bonds is 12. The van der Waals surface area contributed by atoms with Crippen molar-refractivity contribution in [1.82, 2.24) is 10.2 Å². The van der Waals surface area contributed by atoms with Gasteiger partial charge < -0.3 is 10.2 Å². The van der Waals surface area contributed by atoms with Gasteiger partial charge in [0.2, 0.25) is 21.8 Å². The van der Waals surface area contributed by atoms with Crippen molar-refractivity contribution in [3.8, 4) is 0 Å². The van der Waals surface area contributed by atoms with Crippen LogP contribution in [0.3, 0.4) is 0 Å². The third-order valence-corrected chi connectivity index (χ3v) is 7.40. The van der Waals surface area contributed by atoms with Gasteiger partial charge in [0, 0.05) is 19.0 Å². The average molecular weight is 540 g/mol. The van der Waals surface area contributed by atoms with Gasteiger partial charge in [0.05, 0.1) is 11.9 Å². The number of anilines is 1. The molecule has 0 spiro atoms. The van der Waals surface area contributed by atoms with E-state index < -0.39 is 34.3 Å². The van der Waals surface area contributed by atoms with Crippen LogP contribution in [0.25, 0.3) is 0 Å². The zero-order valence-corrected chi connectivity index (χ0v) is 22.7. The van der Waals surface area contributed by atoms with Crippen molar-refractivity contribution >= 4 is 27.5 Å². The summed E-state index contributed by atoms with van der Waals surface area (Å²) in [5.74, 6) is -1.40. The SMILES string of the molecule is CC[C@@H](C)NC(=O)[C@@H](Cc1ccccc1)N(Cc1ccccc1)C(=O)CN(c1ccc(F)cc1)S(C)(=O)=O. The van der Waals surface area contributed by atoms with Gasteiger partial charge in [0.1, 0.15) is 18.4 Å². The third kappa shape index (κ3) is 8.14. The molecule has 1 N–H and O–H groups in total. The normalized spacial score (nSPS) is 12.8. The van der Waals surface area contributed by atoms with E-state index in [-0.39, 0.29) is 30.6 Å². The van der Waals surface area contributed by atoms with Crippen LogP contribution in [0.1, 0.15) is 31.4 Å². The fourth-order valence-corrected chi connectivity index (χ4v) is 4.85. The molecule has 0 heterocycles. The van der Waals surface area contributed by atoms with Crippen molar-refractivity contribution in [1.29, 1.82) is 0 Å². The second kappa shape index (κ2) is 13.2. The van der Waals surface area contributed by atoms with Crippen LogP contribution in [0, 0.1) is 5.82 Å². The third-order valence-electron chi connectivity index (χ3n) is 6.26. The van der Waals surface area contributed by atoms with Crippen molar-refractivity contribution in [2.45, 2.75) is 45.3 Å². The van der Waals surface area contributed by atoms with Gasteiger partial charge in [0.15, 0.2) is 0 Å². The molecule has 38 heavy (non-hydrogen) atoms. The number of benzene rings is 3. The predicted octanol–water partition coefficient (Wildman–Crippen LogP) is 4.15. The van der Waals surface area contributed by atoms with E-state index in [1.54, 1.807) is 0 Å². The van der Waals surface area contributed by atoms with Gasteiger partial charge in [-0.05, 0) is 48.7 Å². The Kier molecular flexibility index (Phi) is 10.0. The number of hydrogen-bond acceptors (Lipinski definition) is 4. The fourth-order valence-electron chi connectivity index (χ4n) is 4.00. The van der Waals surface area contributed by atoms with Crippen LogP contribution in [-0.2, 0) is 32.6 Å². The monoisotopic (exact) mass is 539 g/mol. The largest absolute Gasteiger partial charge is 0.352 e. The smallest absolute Gasteiger partial charge is 0.244 e. The first-order valence-corrected chi connectivity index (χ1v) is 14.3. The lowest BCUT2D eigenvalue weighted by Gasteiger charge is -2.34. The Bertz CT molecular complexity index is 1300. The summed E-state index contributed by atoms with van der Waals surface area (Å²) in [6, 6.07) is 22.5. The van der Waals surface area contributed by atoms with Crippen LogP contribution in [0.2, 0.25) is 0 Å². The molecule has 0 bridgehead atoms. The Labute approximate surface area is 224 Å². The summed E-state index contributed by atoms with van der Waals surface area (Å²) < 4.78 is 39.8. The lowest BCUT2D eigenvalue weighted by atomic mass is 10.0. The summed E-state index contributed by atoms with van der Waals surface area (Å²) in [7, 11) is -3.90. The zero-order chi connectivity index (χ0) is 27.7. The molecule has 3 rings (SSSR count).